The van der Waals surface area contributed by atoms with Crippen LogP contribution in [-0.2, 0) is 0 Å². The van der Waals surface area contributed by atoms with Crippen LogP contribution in [0.4, 0.5) is 5.82 Å². The van der Waals surface area contributed by atoms with Gasteiger partial charge in [-0.15, -0.1) is 11.3 Å². The van der Waals surface area contributed by atoms with Gasteiger partial charge in [-0.25, -0.2) is 4.98 Å². The standard InChI is InChI=1S/C8H13ClN2S/c1-3-4-6(2)10-7-5-12-8(9)11-7/h5-6,10H,3-4H2,1-2H3. The van der Waals surface area contributed by atoms with E-state index in [0.717, 1.165) is 12.2 Å². The first-order valence-electron chi connectivity index (χ1n) is 4.10. The predicted molar refractivity (Wildman–Crippen MR) is 55.1 cm³/mol. The average molecular weight is 205 g/mol. The van der Waals surface area contributed by atoms with Crippen molar-refractivity contribution in [1.29, 1.82) is 0 Å². The molecule has 1 rings (SSSR count). The molecule has 0 saturated heterocycles. The molecule has 0 radical (unpaired) electrons. The Bertz CT molecular complexity index is 237. The predicted octanol–water partition coefficient (Wildman–Crippen LogP) is 3.40. The molecule has 0 aliphatic rings. The molecule has 1 N–H and O–H groups in total. The van der Waals surface area contributed by atoms with E-state index in [-0.39, 0.29) is 0 Å². The van der Waals surface area contributed by atoms with Crippen LogP contribution < -0.4 is 5.32 Å². The third-order valence-electron chi connectivity index (χ3n) is 1.59. The SMILES string of the molecule is CCCC(C)Nc1csc(Cl)n1. The molecule has 1 aromatic heterocycles. The molecule has 4 heteroatoms. The number of halogens is 1. The van der Waals surface area contributed by atoms with Crippen LogP contribution >= 0.6 is 22.9 Å². The van der Waals surface area contributed by atoms with Crippen molar-refractivity contribution in [1.82, 2.24) is 4.98 Å². The molecular formula is C8H13ClN2S. The molecule has 0 spiro atoms. The molecule has 0 bridgehead atoms. The highest BCUT2D eigenvalue weighted by molar-refractivity contribution is 7.14. The molecule has 0 amide bonds. The van der Waals surface area contributed by atoms with Crippen molar-refractivity contribution in [2.24, 2.45) is 0 Å². The Hall–Kier alpha value is -0.280. The van der Waals surface area contributed by atoms with Crippen molar-refractivity contribution >= 4 is 28.8 Å². The highest BCUT2D eigenvalue weighted by Gasteiger charge is 2.02. The number of hydrogen-bond donors (Lipinski definition) is 1. The van der Waals surface area contributed by atoms with Gasteiger partial charge in [0.05, 0.1) is 0 Å². The Balaban J connectivity index is 2.41. The van der Waals surface area contributed by atoms with Crippen molar-refractivity contribution in [2.75, 3.05) is 5.32 Å². The van der Waals surface area contributed by atoms with Gasteiger partial charge in [0.25, 0.3) is 0 Å². The fourth-order valence-corrected chi connectivity index (χ4v) is 1.78. The Kier molecular flexibility index (Phi) is 3.82. The molecule has 0 aromatic carbocycles. The quantitative estimate of drug-likeness (QED) is 0.813. The molecule has 0 aliphatic carbocycles. The third kappa shape index (κ3) is 2.99. The lowest BCUT2D eigenvalue weighted by molar-refractivity contribution is 0.688. The third-order valence-corrected chi connectivity index (χ3v) is 2.57. The van der Waals surface area contributed by atoms with Gasteiger partial charge in [0.1, 0.15) is 5.82 Å². The van der Waals surface area contributed by atoms with Gasteiger partial charge >= 0.3 is 0 Å². The zero-order valence-corrected chi connectivity index (χ0v) is 8.87. The van der Waals surface area contributed by atoms with Crippen LogP contribution in [0.15, 0.2) is 5.38 Å². The molecule has 1 atom stereocenters. The number of aromatic nitrogens is 1. The lowest BCUT2D eigenvalue weighted by Gasteiger charge is -2.10. The monoisotopic (exact) mass is 204 g/mol. The van der Waals surface area contributed by atoms with Gasteiger partial charge in [0, 0.05) is 11.4 Å². The summed E-state index contributed by atoms with van der Waals surface area (Å²) in [5.41, 5.74) is 0. The molecule has 0 fully saturated rings. The van der Waals surface area contributed by atoms with E-state index >= 15 is 0 Å². The highest BCUT2D eigenvalue weighted by atomic mass is 35.5. The fraction of sp³-hybridized carbons (Fsp3) is 0.625. The molecule has 12 heavy (non-hydrogen) atoms. The summed E-state index contributed by atoms with van der Waals surface area (Å²) < 4.78 is 0.598. The zero-order valence-electron chi connectivity index (χ0n) is 7.30. The van der Waals surface area contributed by atoms with E-state index in [0.29, 0.717) is 10.5 Å². The second kappa shape index (κ2) is 4.67. The first kappa shape index (κ1) is 9.81. The van der Waals surface area contributed by atoms with Gasteiger partial charge < -0.3 is 5.32 Å². The Morgan fingerprint density at radius 1 is 1.75 bits per heavy atom. The van der Waals surface area contributed by atoms with Crippen molar-refractivity contribution in [3.63, 3.8) is 0 Å². The number of rotatable bonds is 4. The lowest BCUT2D eigenvalue weighted by atomic mass is 10.2. The van der Waals surface area contributed by atoms with E-state index in [2.05, 4.69) is 24.1 Å². The normalized spacial score (nSPS) is 12.9. The van der Waals surface area contributed by atoms with Gasteiger partial charge in [-0.05, 0) is 13.3 Å². The van der Waals surface area contributed by atoms with Crippen LogP contribution in [0.3, 0.4) is 0 Å². The number of nitrogens with one attached hydrogen (secondary N) is 1. The van der Waals surface area contributed by atoms with Gasteiger partial charge in [-0.1, -0.05) is 24.9 Å². The van der Waals surface area contributed by atoms with E-state index in [1.54, 1.807) is 0 Å². The van der Waals surface area contributed by atoms with E-state index in [1.165, 1.54) is 17.8 Å². The van der Waals surface area contributed by atoms with Crippen molar-refractivity contribution in [3.05, 3.63) is 9.85 Å². The Labute approximate surface area is 82.0 Å². The average Bonchev–Trinajstić information content (AvgIpc) is 2.36. The lowest BCUT2D eigenvalue weighted by Crippen LogP contribution is -2.14. The summed E-state index contributed by atoms with van der Waals surface area (Å²) in [6.45, 7) is 4.32. The minimum absolute atomic E-state index is 0.480. The van der Waals surface area contributed by atoms with Crippen LogP contribution in [0.2, 0.25) is 4.47 Å². The van der Waals surface area contributed by atoms with Crippen LogP contribution in [0.5, 0.6) is 0 Å². The van der Waals surface area contributed by atoms with E-state index in [1.807, 2.05) is 5.38 Å². The van der Waals surface area contributed by atoms with Crippen molar-refractivity contribution in [2.45, 2.75) is 32.7 Å². The second-order valence-electron chi connectivity index (χ2n) is 2.82. The molecule has 0 saturated carbocycles. The van der Waals surface area contributed by atoms with Crippen molar-refractivity contribution in [3.8, 4) is 0 Å². The number of nitrogens with zero attached hydrogens (tertiary/aromatic N) is 1. The summed E-state index contributed by atoms with van der Waals surface area (Å²) in [6, 6.07) is 0.480. The molecule has 0 aliphatic heterocycles. The molecule has 68 valence electrons. The smallest absolute Gasteiger partial charge is 0.185 e. The van der Waals surface area contributed by atoms with Gasteiger partial charge in [-0.2, -0.15) is 0 Å². The van der Waals surface area contributed by atoms with E-state index in [4.69, 9.17) is 11.6 Å². The Morgan fingerprint density at radius 3 is 3.00 bits per heavy atom. The van der Waals surface area contributed by atoms with Crippen LogP contribution in [0, 0.1) is 0 Å². The molecule has 1 unspecified atom stereocenters. The largest absolute Gasteiger partial charge is 0.367 e. The maximum absolute atomic E-state index is 5.69. The summed E-state index contributed by atoms with van der Waals surface area (Å²) in [6.07, 6.45) is 2.35. The maximum Gasteiger partial charge on any atom is 0.185 e. The van der Waals surface area contributed by atoms with Crippen LogP contribution in [0.1, 0.15) is 26.7 Å². The van der Waals surface area contributed by atoms with Gasteiger partial charge in [0.2, 0.25) is 0 Å². The van der Waals surface area contributed by atoms with Crippen LogP contribution in [0.25, 0.3) is 0 Å². The van der Waals surface area contributed by atoms with E-state index in [9.17, 15) is 0 Å². The molecular weight excluding hydrogens is 192 g/mol. The number of hydrogen-bond acceptors (Lipinski definition) is 3. The van der Waals surface area contributed by atoms with Gasteiger partial charge in [0.15, 0.2) is 4.47 Å². The van der Waals surface area contributed by atoms with Crippen LogP contribution in [-0.4, -0.2) is 11.0 Å². The minimum atomic E-state index is 0.480. The van der Waals surface area contributed by atoms with Crippen molar-refractivity contribution < 1.29 is 0 Å². The molecule has 1 aromatic rings. The zero-order chi connectivity index (χ0) is 8.97. The second-order valence-corrected chi connectivity index (χ2v) is 4.26. The van der Waals surface area contributed by atoms with E-state index < -0.39 is 0 Å². The summed E-state index contributed by atoms with van der Waals surface area (Å²) in [5.74, 6) is 0.894. The topological polar surface area (TPSA) is 24.9 Å². The maximum atomic E-state index is 5.69. The first-order valence-corrected chi connectivity index (χ1v) is 5.35. The number of thiazole rings is 1. The summed E-state index contributed by atoms with van der Waals surface area (Å²) in [4.78, 5) is 4.11. The Morgan fingerprint density at radius 2 is 2.50 bits per heavy atom. The first-order chi connectivity index (χ1) is 5.72. The molecule has 1 heterocycles. The number of anilines is 1. The van der Waals surface area contributed by atoms with Gasteiger partial charge in [-0.3, -0.25) is 0 Å². The minimum Gasteiger partial charge on any atom is -0.367 e. The summed E-state index contributed by atoms with van der Waals surface area (Å²) >= 11 is 7.14. The fourth-order valence-electron chi connectivity index (χ4n) is 1.08. The summed E-state index contributed by atoms with van der Waals surface area (Å²) in [5, 5.41) is 5.22. The highest BCUT2D eigenvalue weighted by Crippen LogP contribution is 2.19. The molecule has 2 nitrogen and oxygen atoms in total. The summed E-state index contributed by atoms with van der Waals surface area (Å²) in [7, 11) is 0.